The number of alkyl halides is 1. The third-order valence-corrected chi connectivity index (χ3v) is 6.27. The quantitative estimate of drug-likeness (QED) is 0.521. The van der Waals surface area contributed by atoms with E-state index in [0.717, 1.165) is 44.6 Å². The van der Waals surface area contributed by atoms with Crippen molar-refractivity contribution >= 4 is 23.6 Å². The molecule has 1 aliphatic heterocycles. The average Bonchev–Trinajstić information content (AvgIpc) is 2.98. The summed E-state index contributed by atoms with van der Waals surface area (Å²) >= 11 is 5.82. The van der Waals surface area contributed by atoms with Crippen LogP contribution in [-0.4, -0.2) is 36.3 Å². The number of allylic oxidation sites excluding steroid dienone is 2. The lowest BCUT2D eigenvalue weighted by Crippen LogP contribution is -2.51. The van der Waals surface area contributed by atoms with Crippen molar-refractivity contribution in [2.45, 2.75) is 65.8 Å². The molecular weight excluding hydrogens is 368 g/mol. The van der Waals surface area contributed by atoms with Crippen LogP contribution in [0.1, 0.15) is 65.4 Å². The Bertz CT molecular complexity index is 666. The van der Waals surface area contributed by atoms with Crippen LogP contribution in [0.5, 0.6) is 0 Å². The van der Waals surface area contributed by atoms with Gasteiger partial charge in [0.15, 0.2) is 0 Å². The first-order valence-electron chi connectivity index (χ1n) is 10.5. The molecule has 1 saturated heterocycles. The molecule has 0 bridgehead atoms. The number of carbonyl (C=O) groups is 1. The molecule has 0 saturated carbocycles. The van der Waals surface area contributed by atoms with Gasteiger partial charge in [-0.05, 0) is 54.1 Å². The monoisotopic (exact) mass is 404 g/mol. The van der Waals surface area contributed by atoms with Crippen molar-refractivity contribution in [2.24, 2.45) is 16.6 Å². The van der Waals surface area contributed by atoms with E-state index in [1.165, 1.54) is 18.4 Å². The van der Waals surface area contributed by atoms with E-state index in [2.05, 4.69) is 58.0 Å². The first kappa shape index (κ1) is 23.0. The summed E-state index contributed by atoms with van der Waals surface area (Å²) in [6, 6.07) is 11.1. The fourth-order valence-corrected chi connectivity index (χ4v) is 4.45. The molecule has 3 rings (SSSR count). The van der Waals surface area contributed by atoms with Crippen molar-refractivity contribution in [3.63, 3.8) is 0 Å². The van der Waals surface area contributed by atoms with Crippen molar-refractivity contribution in [2.75, 3.05) is 19.0 Å². The molecule has 1 aliphatic carbocycles. The van der Waals surface area contributed by atoms with Gasteiger partial charge in [0.2, 0.25) is 6.41 Å². The second kappa shape index (κ2) is 9.93. The molecule has 28 heavy (non-hydrogen) atoms. The summed E-state index contributed by atoms with van der Waals surface area (Å²) in [5, 5.41) is 0. The number of hydrogen-bond donors (Lipinski definition) is 1. The minimum absolute atomic E-state index is 0.0825. The molecule has 0 aromatic heterocycles. The first-order chi connectivity index (χ1) is 13.2. The highest BCUT2D eigenvalue weighted by Gasteiger charge is 2.32. The van der Waals surface area contributed by atoms with Crippen LogP contribution in [0.15, 0.2) is 35.9 Å². The number of amides is 1. The van der Waals surface area contributed by atoms with E-state index in [0.29, 0.717) is 5.41 Å². The van der Waals surface area contributed by atoms with Crippen LogP contribution in [0.3, 0.4) is 0 Å². The second-order valence-corrected chi connectivity index (χ2v) is 10.1. The van der Waals surface area contributed by atoms with Gasteiger partial charge in [-0.2, -0.15) is 0 Å². The predicted molar refractivity (Wildman–Crippen MR) is 120 cm³/mol. The summed E-state index contributed by atoms with van der Waals surface area (Å²) in [5.74, 6) is 0.770. The molecular formula is C24H37ClN2O. The number of halogens is 1. The largest absolute Gasteiger partial charge is 0.345 e. The Kier molecular flexibility index (Phi) is 8.15. The normalized spacial score (nSPS) is 23.2. The highest BCUT2D eigenvalue weighted by atomic mass is 35.5. The van der Waals surface area contributed by atoms with Gasteiger partial charge < -0.3 is 10.6 Å². The van der Waals surface area contributed by atoms with Crippen LogP contribution >= 0.6 is 11.6 Å². The topological polar surface area (TPSA) is 46.3 Å². The highest BCUT2D eigenvalue weighted by Crippen LogP contribution is 2.47. The van der Waals surface area contributed by atoms with E-state index in [1.807, 2.05) is 0 Å². The Labute approximate surface area is 176 Å². The van der Waals surface area contributed by atoms with Crippen LogP contribution in [0.25, 0.3) is 5.57 Å². The zero-order valence-corrected chi connectivity index (χ0v) is 18.8. The molecule has 3 nitrogen and oxygen atoms in total. The van der Waals surface area contributed by atoms with Crippen molar-refractivity contribution in [3.05, 3.63) is 41.5 Å². The Hall–Kier alpha value is -1.32. The molecule has 156 valence electrons. The van der Waals surface area contributed by atoms with Gasteiger partial charge in [0.25, 0.3) is 0 Å². The Balaban J connectivity index is 0.000000221. The van der Waals surface area contributed by atoms with Crippen molar-refractivity contribution < 1.29 is 4.79 Å². The fourth-order valence-electron chi connectivity index (χ4n) is 4.32. The lowest BCUT2D eigenvalue weighted by atomic mass is 9.80. The number of piperidine rings is 1. The smallest absolute Gasteiger partial charge is 0.209 e. The number of nitrogens with zero attached hydrogens (tertiary/aromatic N) is 1. The number of rotatable bonds is 5. The summed E-state index contributed by atoms with van der Waals surface area (Å²) in [6.45, 7) is 10.5. The zero-order valence-electron chi connectivity index (χ0n) is 18.0. The van der Waals surface area contributed by atoms with Crippen LogP contribution in [-0.2, 0) is 4.79 Å². The summed E-state index contributed by atoms with van der Waals surface area (Å²) in [4.78, 5) is 12.2. The molecule has 4 heteroatoms. The Morgan fingerprint density at radius 1 is 1.18 bits per heavy atom. The van der Waals surface area contributed by atoms with Gasteiger partial charge in [0.1, 0.15) is 0 Å². The Morgan fingerprint density at radius 2 is 1.86 bits per heavy atom. The van der Waals surface area contributed by atoms with Gasteiger partial charge in [-0.1, -0.05) is 63.6 Å². The van der Waals surface area contributed by atoms with Gasteiger partial charge >= 0.3 is 0 Å². The van der Waals surface area contributed by atoms with Gasteiger partial charge in [0.05, 0.1) is 0 Å². The van der Waals surface area contributed by atoms with E-state index in [9.17, 15) is 4.79 Å². The SMILES string of the molecule is CC1(C)CC(CCCCl)=C(c2ccccc2)C1.CC1(C)CN(C=O)CCC1N. The maximum absolute atomic E-state index is 10.4. The average molecular weight is 405 g/mol. The van der Waals surface area contributed by atoms with Crippen LogP contribution in [0.2, 0.25) is 0 Å². The lowest BCUT2D eigenvalue weighted by Gasteiger charge is -2.40. The summed E-state index contributed by atoms with van der Waals surface area (Å²) < 4.78 is 0. The standard InChI is InChI=1S/C16H21Cl.C8H16N2O/c1-16(2)11-14(9-6-10-17)15(12-16)13-7-4-3-5-8-13;1-8(2)5-10(6-11)4-3-7(8)9/h3-5,7-8H,6,9-12H2,1-2H3;6-7H,3-5,9H2,1-2H3. The molecule has 1 fully saturated rings. The van der Waals surface area contributed by atoms with Crippen LogP contribution < -0.4 is 5.73 Å². The summed E-state index contributed by atoms with van der Waals surface area (Å²) in [5.41, 5.74) is 11.0. The maximum Gasteiger partial charge on any atom is 0.209 e. The summed E-state index contributed by atoms with van der Waals surface area (Å²) in [6.07, 6.45) is 6.53. The molecule has 0 radical (unpaired) electrons. The second-order valence-electron chi connectivity index (χ2n) is 9.72. The van der Waals surface area contributed by atoms with Crippen LogP contribution in [0, 0.1) is 10.8 Å². The minimum Gasteiger partial charge on any atom is -0.345 e. The Morgan fingerprint density at radius 3 is 2.43 bits per heavy atom. The van der Waals surface area contributed by atoms with Gasteiger partial charge in [-0.25, -0.2) is 0 Å². The van der Waals surface area contributed by atoms with Crippen LogP contribution in [0.4, 0.5) is 0 Å². The van der Waals surface area contributed by atoms with Crippen molar-refractivity contribution in [1.82, 2.24) is 4.90 Å². The zero-order chi connectivity index (χ0) is 20.8. The minimum atomic E-state index is 0.0825. The molecule has 1 aromatic rings. The van der Waals surface area contributed by atoms with E-state index >= 15 is 0 Å². The molecule has 1 aromatic carbocycles. The van der Waals surface area contributed by atoms with E-state index < -0.39 is 0 Å². The molecule has 2 aliphatic rings. The summed E-state index contributed by atoms with van der Waals surface area (Å²) in [7, 11) is 0. The molecule has 0 spiro atoms. The number of carbonyl (C=O) groups excluding carboxylic acids is 1. The number of nitrogens with two attached hydrogens (primary N) is 1. The van der Waals surface area contributed by atoms with E-state index in [4.69, 9.17) is 17.3 Å². The number of likely N-dealkylation sites (tertiary alicyclic amines) is 1. The highest BCUT2D eigenvalue weighted by molar-refractivity contribution is 6.17. The van der Waals surface area contributed by atoms with Crippen molar-refractivity contribution in [3.8, 4) is 0 Å². The molecule has 2 N–H and O–H groups in total. The predicted octanol–water partition coefficient (Wildman–Crippen LogP) is 5.48. The van der Waals surface area contributed by atoms with Gasteiger partial charge in [0, 0.05) is 25.0 Å². The van der Waals surface area contributed by atoms with E-state index in [-0.39, 0.29) is 11.5 Å². The third kappa shape index (κ3) is 6.35. The lowest BCUT2D eigenvalue weighted by molar-refractivity contribution is -0.121. The molecule has 1 unspecified atom stereocenters. The fraction of sp³-hybridized carbons (Fsp3) is 0.625. The number of hydrogen-bond acceptors (Lipinski definition) is 2. The molecule has 1 amide bonds. The van der Waals surface area contributed by atoms with Crippen molar-refractivity contribution in [1.29, 1.82) is 0 Å². The third-order valence-electron chi connectivity index (χ3n) is 6.00. The van der Waals surface area contributed by atoms with Gasteiger partial charge in [-0.15, -0.1) is 11.6 Å². The molecule has 1 atom stereocenters. The first-order valence-corrected chi connectivity index (χ1v) is 11.0. The van der Waals surface area contributed by atoms with Gasteiger partial charge in [-0.3, -0.25) is 4.79 Å². The maximum atomic E-state index is 10.4. The van der Waals surface area contributed by atoms with E-state index in [1.54, 1.807) is 16.0 Å². The molecule has 1 heterocycles. The number of benzene rings is 1.